The normalized spacial score (nSPS) is 10.3. The van der Waals surface area contributed by atoms with Crippen LogP contribution < -0.4 is 10.1 Å². The first kappa shape index (κ1) is 15.1. The summed E-state index contributed by atoms with van der Waals surface area (Å²) in [6, 6.07) is 6.35. The highest BCUT2D eigenvalue weighted by molar-refractivity contribution is 6.31. The first-order valence-electron chi connectivity index (χ1n) is 6.06. The monoisotopic (exact) mass is 309 g/mol. The molecule has 0 aliphatic heterocycles. The average Bonchev–Trinajstić information content (AvgIpc) is 2.45. The smallest absolute Gasteiger partial charge is 0.259 e. The third-order valence-corrected chi connectivity index (χ3v) is 3.34. The zero-order valence-corrected chi connectivity index (χ0v) is 12.2. The van der Waals surface area contributed by atoms with Crippen molar-refractivity contribution in [3.63, 3.8) is 0 Å². The minimum absolute atomic E-state index is 0.162. The van der Waals surface area contributed by atoms with E-state index in [0.717, 1.165) is 23.8 Å². The van der Waals surface area contributed by atoms with Crippen molar-refractivity contribution in [2.45, 2.75) is 6.92 Å². The highest BCUT2D eigenvalue weighted by atomic mass is 35.5. The molecule has 0 bridgehead atoms. The number of phenols is 1. The fraction of sp³-hybridized carbons (Fsp3) is 0.133. The van der Waals surface area contributed by atoms with Gasteiger partial charge >= 0.3 is 0 Å². The largest absolute Gasteiger partial charge is 0.507 e. The van der Waals surface area contributed by atoms with Gasteiger partial charge in [-0.15, -0.1) is 0 Å². The Hall–Kier alpha value is -2.27. The number of aryl methyl sites for hydroxylation is 1. The number of hydrogen-bond acceptors (Lipinski definition) is 3. The molecule has 0 aromatic heterocycles. The Labute approximate surface area is 126 Å². The molecule has 0 fully saturated rings. The fourth-order valence-corrected chi connectivity index (χ4v) is 1.96. The molecule has 0 heterocycles. The van der Waals surface area contributed by atoms with Gasteiger partial charge in [0.25, 0.3) is 5.91 Å². The summed E-state index contributed by atoms with van der Waals surface area (Å²) in [6.45, 7) is 1.77. The van der Waals surface area contributed by atoms with Gasteiger partial charge < -0.3 is 15.2 Å². The maximum atomic E-state index is 13.2. The quantitative estimate of drug-likeness (QED) is 0.907. The molecule has 1 amide bonds. The van der Waals surface area contributed by atoms with Crippen molar-refractivity contribution in [2.75, 3.05) is 12.4 Å². The van der Waals surface area contributed by atoms with E-state index in [-0.39, 0.29) is 11.3 Å². The Bertz CT molecular complexity index is 704. The molecule has 110 valence electrons. The SMILES string of the molecule is COc1cc(Cl)c(C)cc1NC(=O)c1cc(F)ccc1O. The summed E-state index contributed by atoms with van der Waals surface area (Å²) in [5, 5.41) is 12.7. The number of benzene rings is 2. The van der Waals surface area contributed by atoms with Crippen LogP contribution in [-0.2, 0) is 0 Å². The number of hydrogen-bond donors (Lipinski definition) is 2. The van der Waals surface area contributed by atoms with Gasteiger partial charge in [0.05, 0.1) is 18.4 Å². The van der Waals surface area contributed by atoms with Crippen LogP contribution in [0.4, 0.5) is 10.1 Å². The van der Waals surface area contributed by atoms with E-state index in [4.69, 9.17) is 16.3 Å². The van der Waals surface area contributed by atoms with E-state index in [2.05, 4.69) is 5.32 Å². The summed E-state index contributed by atoms with van der Waals surface area (Å²) in [7, 11) is 1.44. The Morgan fingerprint density at radius 3 is 2.71 bits per heavy atom. The van der Waals surface area contributed by atoms with Gasteiger partial charge in [0.1, 0.15) is 17.3 Å². The Balaban J connectivity index is 2.35. The zero-order chi connectivity index (χ0) is 15.6. The first-order chi connectivity index (χ1) is 9.92. The summed E-state index contributed by atoms with van der Waals surface area (Å²) < 4.78 is 18.3. The summed E-state index contributed by atoms with van der Waals surface area (Å²) in [5.41, 5.74) is 0.967. The van der Waals surface area contributed by atoms with E-state index in [0.29, 0.717) is 16.5 Å². The van der Waals surface area contributed by atoms with Crippen molar-refractivity contribution in [1.29, 1.82) is 0 Å². The van der Waals surface area contributed by atoms with Crippen molar-refractivity contribution in [2.24, 2.45) is 0 Å². The summed E-state index contributed by atoms with van der Waals surface area (Å²) >= 11 is 5.98. The maximum absolute atomic E-state index is 13.2. The summed E-state index contributed by atoms with van der Waals surface area (Å²) in [4.78, 5) is 12.1. The van der Waals surface area contributed by atoms with Crippen molar-refractivity contribution in [3.8, 4) is 11.5 Å². The lowest BCUT2D eigenvalue weighted by Gasteiger charge is -2.12. The molecule has 0 spiro atoms. The molecule has 0 atom stereocenters. The van der Waals surface area contributed by atoms with Crippen LogP contribution in [0, 0.1) is 12.7 Å². The van der Waals surface area contributed by atoms with Crippen LogP contribution in [0.3, 0.4) is 0 Å². The Morgan fingerprint density at radius 2 is 2.05 bits per heavy atom. The molecular weight excluding hydrogens is 297 g/mol. The van der Waals surface area contributed by atoms with Gasteiger partial charge in [-0.3, -0.25) is 4.79 Å². The van der Waals surface area contributed by atoms with E-state index in [9.17, 15) is 14.3 Å². The maximum Gasteiger partial charge on any atom is 0.259 e. The number of carbonyl (C=O) groups is 1. The van der Waals surface area contributed by atoms with E-state index in [1.807, 2.05) is 0 Å². The van der Waals surface area contributed by atoms with Crippen LogP contribution in [0.1, 0.15) is 15.9 Å². The first-order valence-corrected chi connectivity index (χ1v) is 6.44. The predicted molar refractivity (Wildman–Crippen MR) is 78.8 cm³/mol. The second kappa shape index (κ2) is 6.01. The van der Waals surface area contributed by atoms with Gasteiger partial charge in [-0.05, 0) is 36.8 Å². The highest BCUT2D eigenvalue weighted by Crippen LogP contribution is 2.31. The van der Waals surface area contributed by atoms with Crippen molar-refractivity contribution in [3.05, 3.63) is 52.3 Å². The molecule has 0 saturated heterocycles. The van der Waals surface area contributed by atoms with Gasteiger partial charge in [0.2, 0.25) is 0 Å². The van der Waals surface area contributed by atoms with Gasteiger partial charge in [0.15, 0.2) is 0 Å². The second-order valence-electron chi connectivity index (χ2n) is 4.42. The van der Waals surface area contributed by atoms with Gasteiger partial charge in [0, 0.05) is 11.1 Å². The number of carbonyl (C=O) groups excluding carboxylic acids is 1. The lowest BCUT2D eigenvalue weighted by Crippen LogP contribution is -2.13. The second-order valence-corrected chi connectivity index (χ2v) is 4.82. The number of methoxy groups -OCH3 is 1. The predicted octanol–water partition coefficient (Wildman–Crippen LogP) is 3.75. The number of nitrogens with one attached hydrogen (secondary N) is 1. The van der Waals surface area contributed by atoms with Gasteiger partial charge in [-0.1, -0.05) is 11.6 Å². The third kappa shape index (κ3) is 3.25. The molecule has 0 aliphatic rings. The molecule has 0 radical (unpaired) electrons. The number of amides is 1. The number of ether oxygens (including phenoxy) is 1. The van der Waals surface area contributed by atoms with Crippen LogP contribution in [0.2, 0.25) is 5.02 Å². The van der Waals surface area contributed by atoms with E-state index in [1.165, 1.54) is 7.11 Å². The van der Waals surface area contributed by atoms with Crippen LogP contribution >= 0.6 is 11.6 Å². The third-order valence-electron chi connectivity index (χ3n) is 2.93. The lowest BCUT2D eigenvalue weighted by atomic mass is 10.1. The molecule has 0 saturated carbocycles. The Morgan fingerprint density at radius 1 is 1.33 bits per heavy atom. The lowest BCUT2D eigenvalue weighted by molar-refractivity contribution is 0.102. The van der Waals surface area contributed by atoms with E-state index >= 15 is 0 Å². The Kier molecular flexibility index (Phi) is 4.33. The molecule has 21 heavy (non-hydrogen) atoms. The molecule has 2 rings (SSSR count). The van der Waals surface area contributed by atoms with Crippen molar-refractivity contribution >= 4 is 23.2 Å². The molecule has 4 nitrogen and oxygen atoms in total. The van der Waals surface area contributed by atoms with Crippen LogP contribution in [0.25, 0.3) is 0 Å². The molecule has 2 N–H and O–H groups in total. The van der Waals surface area contributed by atoms with Gasteiger partial charge in [-0.25, -0.2) is 4.39 Å². The molecule has 0 unspecified atom stereocenters. The minimum Gasteiger partial charge on any atom is -0.507 e. The highest BCUT2D eigenvalue weighted by Gasteiger charge is 2.15. The number of phenolic OH excluding ortho intramolecular Hbond substituents is 1. The van der Waals surface area contributed by atoms with Crippen LogP contribution in [-0.4, -0.2) is 18.1 Å². The van der Waals surface area contributed by atoms with E-state index < -0.39 is 11.7 Å². The summed E-state index contributed by atoms with van der Waals surface area (Å²) in [6.07, 6.45) is 0. The molecule has 2 aromatic carbocycles. The summed E-state index contributed by atoms with van der Waals surface area (Å²) in [5.74, 6) is -1.20. The molecular formula is C15H13ClFNO3. The average molecular weight is 310 g/mol. The van der Waals surface area contributed by atoms with Crippen molar-refractivity contribution in [1.82, 2.24) is 0 Å². The van der Waals surface area contributed by atoms with Crippen LogP contribution in [0.5, 0.6) is 11.5 Å². The van der Waals surface area contributed by atoms with E-state index in [1.54, 1.807) is 19.1 Å². The zero-order valence-electron chi connectivity index (χ0n) is 11.4. The van der Waals surface area contributed by atoms with Crippen LogP contribution in [0.15, 0.2) is 30.3 Å². The number of aromatic hydroxyl groups is 1. The number of anilines is 1. The van der Waals surface area contributed by atoms with Crippen molar-refractivity contribution < 1.29 is 19.0 Å². The molecule has 2 aromatic rings. The number of rotatable bonds is 3. The van der Waals surface area contributed by atoms with Gasteiger partial charge in [-0.2, -0.15) is 0 Å². The fourth-order valence-electron chi connectivity index (χ4n) is 1.81. The topological polar surface area (TPSA) is 58.6 Å². The molecule has 6 heteroatoms. The minimum atomic E-state index is -0.646. The molecule has 0 aliphatic carbocycles. The standard InChI is InChI=1S/C15H13ClFNO3/c1-8-5-12(14(21-2)7-11(8)16)18-15(20)10-6-9(17)3-4-13(10)19/h3-7,19H,1-2H3,(H,18,20). The number of halogens is 2.